The molecule has 0 spiro atoms. The fourth-order valence-corrected chi connectivity index (χ4v) is 5.45. The second-order valence-corrected chi connectivity index (χ2v) is 9.38. The van der Waals surface area contributed by atoms with Crippen molar-refractivity contribution in [3.63, 3.8) is 0 Å². The highest BCUT2D eigenvalue weighted by Gasteiger charge is 2.31. The van der Waals surface area contributed by atoms with Gasteiger partial charge >= 0.3 is 0 Å². The number of rotatable bonds is 4. The van der Waals surface area contributed by atoms with Gasteiger partial charge in [0.15, 0.2) is 0 Å². The molecule has 0 aliphatic carbocycles. The first kappa shape index (κ1) is 20.5. The SMILES string of the molecule is COc1ccc(S(=O)(=O)Nc2ccc3c(c2)C(=O)N2CCCCC2CCO3)c(C)c1. The first-order chi connectivity index (χ1) is 14.4. The molecule has 0 aromatic heterocycles. The summed E-state index contributed by atoms with van der Waals surface area (Å²) in [5.74, 6) is 0.982. The van der Waals surface area contributed by atoms with E-state index >= 15 is 0 Å². The number of nitrogens with zero attached hydrogens (tertiary/aromatic N) is 1. The molecule has 7 nitrogen and oxygen atoms in total. The van der Waals surface area contributed by atoms with Crippen molar-refractivity contribution in [3.05, 3.63) is 47.5 Å². The molecule has 2 heterocycles. The Morgan fingerprint density at radius 1 is 1.13 bits per heavy atom. The third-order valence-electron chi connectivity index (χ3n) is 5.73. The lowest BCUT2D eigenvalue weighted by Crippen LogP contribution is -2.45. The van der Waals surface area contributed by atoms with Crippen molar-refractivity contribution in [2.24, 2.45) is 0 Å². The van der Waals surface area contributed by atoms with Gasteiger partial charge in [-0.15, -0.1) is 0 Å². The van der Waals surface area contributed by atoms with E-state index in [1.54, 1.807) is 37.3 Å². The van der Waals surface area contributed by atoms with Crippen molar-refractivity contribution < 1.29 is 22.7 Å². The predicted octanol–water partition coefficient (Wildman–Crippen LogP) is 3.58. The summed E-state index contributed by atoms with van der Waals surface area (Å²) in [5.41, 5.74) is 1.30. The van der Waals surface area contributed by atoms with Crippen LogP contribution in [0.3, 0.4) is 0 Å². The van der Waals surface area contributed by atoms with E-state index in [1.807, 2.05) is 4.90 Å². The van der Waals surface area contributed by atoms with Crippen molar-refractivity contribution in [1.82, 2.24) is 4.90 Å². The van der Waals surface area contributed by atoms with Crippen LogP contribution in [0.1, 0.15) is 41.6 Å². The highest BCUT2D eigenvalue weighted by atomic mass is 32.2. The number of piperidine rings is 1. The lowest BCUT2D eigenvalue weighted by Gasteiger charge is -2.37. The van der Waals surface area contributed by atoms with Crippen LogP contribution in [0.5, 0.6) is 11.5 Å². The maximum atomic E-state index is 13.2. The molecule has 4 rings (SSSR count). The van der Waals surface area contributed by atoms with Crippen LogP contribution in [-0.4, -0.2) is 45.5 Å². The number of carbonyl (C=O) groups excluding carboxylic acids is 1. The van der Waals surface area contributed by atoms with Crippen LogP contribution in [0.25, 0.3) is 0 Å². The van der Waals surface area contributed by atoms with Crippen LogP contribution in [0.15, 0.2) is 41.3 Å². The Hall–Kier alpha value is -2.74. The van der Waals surface area contributed by atoms with E-state index in [0.717, 1.165) is 32.2 Å². The normalized spacial score (nSPS) is 19.1. The Bertz CT molecular complexity index is 1070. The standard InChI is InChI=1S/C22H26N2O5S/c1-15-13-18(28-2)7-9-21(15)30(26,27)23-16-6-8-20-19(14-16)22(25)24-11-4-3-5-17(24)10-12-29-20/h6-9,13-14,17,23H,3-5,10-12H2,1-2H3. The smallest absolute Gasteiger partial charge is 0.262 e. The van der Waals surface area contributed by atoms with Crippen LogP contribution in [0.2, 0.25) is 0 Å². The van der Waals surface area contributed by atoms with Crippen molar-refractivity contribution in [1.29, 1.82) is 0 Å². The van der Waals surface area contributed by atoms with Gasteiger partial charge in [0.1, 0.15) is 11.5 Å². The number of hydrogen-bond donors (Lipinski definition) is 1. The molecule has 8 heteroatoms. The van der Waals surface area contributed by atoms with Crippen LogP contribution < -0.4 is 14.2 Å². The van der Waals surface area contributed by atoms with Crippen molar-refractivity contribution in [2.45, 2.75) is 43.5 Å². The zero-order chi connectivity index (χ0) is 21.3. The van der Waals surface area contributed by atoms with Gasteiger partial charge in [-0.25, -0.2) is 8.42 Å². The summed E-state index contributed by atoms with van der Waals surface area (Å²) in [4.78, 5) is 15.3. The maximum Gasteiger partial charge on any atom is 0.262 e. The van der Waals surface area contributed by atoms with Gasteiger partial charge < -0.3 is 14.4 Å². The highest BCUT2D eigenvalue weighted by Crippen LogP contribution is 2.32. The van der Waals surface area contributed by atoms with Gasteiger partial charge in [-0.05, 0) is 68.1 Å². The number of anilines is 1. The minimum Gasteiger partial charge on any atom is -0.497 e. The van der Waals surface area contributed by atoms with Crippen molar-refractivity contribution >= 4 is 21.6 Å². The summed E-state index contributed by atoms with van der Waals surface area (Å²) in [7, 11) is -2.29. The average molecular weight is 431 g/mol. The molecule has 2 aromatic carbocycles. The second kappa shape index (κ2) is 8.18. The highest BCUT2D eigenvalue weighted by molar-refractivity contribution is 7.92. The van der Waals surface area contributed by atoms with Gasteiger partial charge in [0.05, 0.1) is 24.2 Å². The molecule has 1 N–H and O–H groups in total. The van der Waals surface area contributed by atoms with Gasteiger partial charge in [-0.1, -0.05) is 0 Å². The molecular weight excluding hydrogens is 404 g/mol. The number of hydrogen-bond acceptors (Lipinski definition) is 5. The largest absolute Gasteiger partial charge is 0.497 e. The number of nitrogens with one attached hydrogen (secondary N) is 1. The molecule has 1 amide bonds. The van der Waals surface area contributed by atoms with Crippen LogP contribution in [0, 0.1) is 6.92 Å². The van der Waals surface area contributed by atoms with E-state index in [1.165, 1.54) is 13.2 Å². The minimum absolute atomic E-state index is 0.101. The van der Waals surface area contributed by atoms with E-state index in [2.05, 4.69) is 4.72 Å². The predicted molar refractivity (Wildman–Crippen MR) is 114 cm³/mol. The summed E-state index contributed by atoms with van der Waals surface area (Å²) >= 11 is 0. The Kier molecular flexibility index (Phi) is 5.60. The van der Waals surface area contributed by atoms with Crippen LogP contribution >= 0.6 is 0 Å². The zero-order valence-electron chi connectivity index (χ0n) is 17.2. The van der Waals surface area contributed by atoms with Gasteiger partial charge in [-0.2, -0.15) is 0 Å². The number of ether oxygens (including phenoxy) is 2. The van der Waals surface area contributed by atoms with Gasteiger partial charge in [0, 0.05) is 24.7 Å². The number of carbonyl (C=O) groups is 1. The molecule has 2 aliphatic heterocycles. The van der Waals surface area contributed by atoms with Gasteiger partial charge in [0.25, 0.3) is 15.9 Å². The summed E-state index contributed by atoms with van der Waals surface area (Å²) < 4.78 is 39.5. The first-order valence-electron chi connectivity index (χ1n) is 10.1. The second-order valence-electron chi connectivity index (χ2n) is 7.73. The van der Waals surface area contributed by atoms with E-state index in [9.17, 15) is 13.2 Å². The quantitative estimate of drug-likeness (QED) is 0.801. The molecule has 1 fully saturated rings. The Balaban J connectivity index is 1.64. The monoisotopic (exact) mass is 430 g/mol. The van der Waals surface area contributed by atoms with Crippen molar-refractivity contribution in [3.8, 4) is 11.5 Å². The Morgan fingerprint density at radius 2 is 1.97 bits per heavy atom. The van der Waals surface area contributed by atoms with E-state index in [4.69, 9.17) is 9.47 Å². The number of amides is 1. The average Bonchev–Trinajstić information content (AvgIpc) is 2.73. The van der Waals surface area contributed by atoms with E-state index in [-0.39, 0.29) is 16.8 Å². The number of sulfonamides is 1. The molecule has 30 heavy (non-hydrogen) atoms. The maximum absolute atomic E-state index is 13.2. The minimum atomic E-state index is -3.82. The summed E-state index contributed by atoms with van der Waals surface area (Å²) in [5, 5.41) is 0. The Morgan fingerprint density at radius 3 is 2.73 bits per heavy atom. The fraction of sp³-hybridized carbons (Fsp3) is 0.409. The third kappa shape index (κ3) is 3.96. The summed E-state index contributed by atoms with van der Waals surface area (Å²) in [6.07, 6.45) is 3.90. The fourth-order valence-electron chi connectivity index (χ4n) is 4.17. The number of fused-ring (bicyclic) bond motifs is 2. The molecule has 1 saturated heterocycles. The molecule has 0 saturated carbocycles. The molecule has 2 aromatic rings. The molecule has 0 radical (unpaired) electrons. The molecule has 0 bridgehead atoms. The molecule has 160 valence electrons. The van der Waals surface area contributed by atoms with Gasteiger partial charge in [0.2, 0.25) is 0 Å². The topological polar surface area (TPSA) is 84.9 Å². The lowest BCUT2D eigenvalue weighted by molar-refractivity contribution is 0.0548. The summed E-state index contributed by atoms with van der Waals surface area (Å²) in [6.45, 7) is 2.98. The van der Waals surface area contributed by atoms with E-state index in [0.29, 0.717) is 34.9 Å². The summed E-state index contributed by atoms with van der Waals surface area (Å²) in [6, 6.07) is 9.83. The lowest BCUT2D eigenvalue weighted by atomic mass is 9.97. The molecular formula is C22H26N2O5S. The van der Waals surface area contributed by atoms with Crippen LogP contribution in [-0.2, 0) is 10.0 Å². The number of aryl methyl sites for hydroxylation is 1. The Labute approximate surface area is 177 Å². The van der Waals surface area contributed by atoms with Crippen molar-refractivity contribution in [2.75, 3.05) is 25.0 Å². The first-order valence-corrected chi connectivity index (χ1v) is 11.6. The molecule has 1 atom stereocenters. The molecule has 2 aliphatic rings. The van der Waals surface area contributed by atoms with Gasteiger partial charge in [-0.3, -0.25) is 9.52 Å². The molecule has 1 unspecified atom stereocenters. The zero-order valence-corrected chi connectivity index (χ0v) is 18.0. The van der Waals surface area contributed by atoms with E-state index < -0.39 is 10.0 Å². The third-order valence-corrected chi connectivity index (χ3v) is 7.27. The van der Waals surface area contributed by atoms with Crippen LogP contribution in [0.4, 0.5) is 5.69 Å². The number of benzene rings is 2. The number of methoxy groups -OCH3 is 1.